The predicted octanol–water partition coefficient (Wildman–Crippen LogP) is 1.29. The summed E-state index contributed by atoms with van der Waals surface area (Å²) in [5.74, 6) is -0.341. The van der Waals surface area contributed by atoms with Crippen LogP contribution in [-0.2, 0) is 10.0 Å². The molecule has 1 aromatic heterocycles. The maximum atomic E-state index is 12.4. The third-order valence-electron chi connectivity index (χ3n) is 3.15. The predicted molar refractivity (Wildman–Crippen MR) is 92.0 cm³/mol. The first-order valence-electron chi connectivity index (χ1n) is 7.13. The molecule has 2 aromatic carbocycles. The van der Waals surface area contributed by atoms with Gasteiger partial charge in [0.25, 0.3) is 5.91 Å². The lowest BCUT2D eigenvalue weighted by molar-refractivity contribution is 0.102. The van der Waals surface area contributed by atoms with Crippen LogP contribution in [0.5, 0.6) is 0 Å². The molecule has 0 saturated heterocycles. The lowest BCUT2D eigenvalue weighted by Crippen LogP contribution is -2.13. The van der Waals surface area contributed by atoms with Crippen molar-refractivity contribution in [1.82, 2.24) is 20.2 Å². The first kappa shape index (κ1) is 16.6. The summed E-state index contributed by atoms with van der Waals surface area (Å²) in [7, 11) is -3.39. The number of tetrazole rings is 1. The highest BCUT2D eigenvalue weighted by Gasteiger charge is 2.09. The van der Waals surface area contributed by atoms with Crippen molar-refractivity contribution in [2.45, 2.75) is 0 Å². The summed E-state index contributed by atoms with van der Waals surface area (Å²) in [6, 6.07) is 13.2. The molecule has 25 heavy (non-hydrogen) atoms. The number of anilines is 2. The van der Waals surface area contributed by atoms with Crippen LogP contribution in [0.25, 0.3) is 5.69 Å². The zero-order chi connectivity index (χ0) is 17.9. The number of hydrogen-bond acceptors (Lipinski definition) is 6. The van der Waals surface area contributed by atoms with E-state index in [9.17, 15) is 13.2 Å². The number of benzene rings is 2. The van der Waals surface area contributed by atoms with Crippen molar-refractivity contribution in [1.29, 1.82) is 0 Å². The molecule has 0 bridgehead atoms. The largest absolute Gasteiger partial charge is 0.322 e. The maximum Gasteiger partial charge on any atom is 0.255 e. The van der Waals surface area contributed by atoms with Gasteiger partial charge in [-0.05, 0) is 46.8 Å². The van der Waals surface area contributed by atoms with Gasteiger partial charge in [0.05, 0.1) is 17.6 Å². The molecule has 0 atom stereocenters. The van der Waals surface area contributed by atoms with Crippen LogP contribution < -0.4 is 10.0 Å². The second-order valence-corrected chi connectivity index (χ2v) is 6.96. The molecule has 0 saturated carbocycles. The number of carbonyl (C=O) groups excluding carboxylic acids is 1. The van der Waals surface area contributed by atoms with E-state index in [4.69, 9.17) is 0 Å². The van der Waals surface area contributed by atoms with Crippen LogP contribution in [0.1, 0.15) is 10.4 Å². The molecule has 0 aliphatic carbocycles. The Morgan fingerprint density at radius 1 is 1.08 bits per heavy atom. The average molecular weight is 358 g/mol. The molecule has 0 aliphatic heterocycles. The zero-order valence-corrected chi connectivity index (χ0v) is 13.9. The van der Waals surface area contributed by atoms with Gasteiger partial charge in [0, 0.05) is 11.3 Å². The Labute approximate surface area is 143 Å². The normalized spacial score (nSPS) is 11.1. The van der Waals surface area contributed by atoms with E-state index >= 15 is 0 Å². The highest BCUT2D eigenvalue weighted by molar-refractivity contribution is 7.92. The second kappa shape index (κ2) is 6.69. The van der Waals surface area contributed by atoms with E-state index in [-0.39, 0.29) is 5.91 Å². The molecule has 2 N–H and O–H groups in total. The summed E-state index contributed by atoms with van der Waals surface area (Å²) in [6.07, 6.45) is 2.49. The van der Waals surface area contributed by atoms with Crippen molar-refractivity contribution >= 4 is 27.3 Å². The summed E-state index contributed by atoms with van der Waals surface area (Å²) in [5.41, 5.74) is 1.88. The van der Waals surface area contributed by atoms with Crippen LogP contribution in [-0.4, -0.2) is 40.8 Å². The number of carbonyl (C=O) groups is 1. The Morgan fingerprint density at radius 3 is 2.56 bits per heavy atom. The Hall–Kier alpha value is -3.27. The van der Waals surface area contributed by atoms with Gasteiger partial charge >= 0.3 is 0 Å². The zero-order valence-electron chi connectivity index (χ0n) is 13.1. The Balaban J connectivity index is 1.79. The minimum atomic E-state index is -3.39. The highest BCUT2D eigenvalue weighted by Crippen LogP contribution is 2.17. The number of hydrogen-bond donors (Lipinski definition) is 2. The van der Waals surface area contributed by atoms with Crippen LogP contribution in [0, 0.1) is 0 Å². The van der Waals surface area contributed by atoms with Gasteiger partial charge in [0.15, 0.2) is 0 Å². The third kappa shape index (κ3) is 4.38. The molecule has 1 heterocycles. The molecular weight excluding hydrogens is 344 g/mol. The fourth-order valence-electron chi connectivity index (χ4n) is 2.15. The molecule has 3 aromatic rings. The van der Waals surface area contributed by atoms with Crippen molar-refractivity contribution < 1.29 is 13.2 Å². The summed E-state index contributed by atoms with van der Waals surface area (Å²) >= 11 is 0. The van der Waals surface area contributed by atoms with Gasteiger partial charge in [-0.1, -0.05) is 12.1 Å². The van der Waals surface area contributed by atoms with E-state index in [2.05, 4.69) is 25.6 Å². The summed E-state index contributed by atoms with van der Waals surface area (Å²) in [4.78, 5) is 12.4. The van der Waals surface area contributed by atoms with Gasteiger partial charge in [-0.15, -0.1) is 5.10 Å². The lowest BCUT2D eigenvalue weighted by atomic mass is 10.2. The smallest absolute Gasteiger partial charge is 0.255 e. The monoisotopic (exact) mass is 358 g/mol. The molecule has 0 unspecified atom stereocenters. The number of amides is 1. The molecule has 0 fully saturated rings. The number of rotatable bonds is 5. The van der Waals surface area contributed by atoms with E-state index in [0.29, 0.717) is 22.6 Å². The van der Waals surface area contributed by atoms with Gasteiger partial charge in [-0.2, -0.15) is 0 Å². The molecule has 3 rings (SSSR count). The van der Waals surface area contributed by atoms with Gasteiger partial charge in [-0.3, -0.25) is 9.52 Å². The molecule has 0 radical (unpaired) electrons. The van der Waals surface area contributed by atoms with Gasteiger partial charge < -0.3 is 5.32 Å². The molecular formula is C15H14N6O3S. The van der Waals surface area contributed by atoms with Gasteiger partial charge in [0.2, 0.25) is 10.0 Å². The molecule has 0 aliphatic rings. The second-order valence-electron chi connectivity index (χ2n) is 5.21. The van der Waals surface area contributed by atoms with Crippen molar-refractivity contribution in [3.63, 3.8) is 0 Å². The topological polar surface area (TPSA) is 119 Å². The van der Waals surface area contributed by atoms with Crippen molar-refractivity contribution in [2.75, 3.05) is 16.3 Å². The number of sulfonamides is 1. The SMILES string of the molecule is CS(=O)(=O)Nc1cccc(NC(=O)c2cccc(-n3cnnn3)c2)c1. The minimum absolute atomic E-state index is 0.341. The standard InChI is InChI=1S/C15H14N6O3S/c1-25(23,24)18-13-6-3-5-12(9-13)17-15(22)11-4-2-7-14(8-11)21-10-16-19-20-21/h2-10,18H,1H3,(H,17,22). The third-order valence-corrected chi connectivity index (χ3v) is 3.75. The lowest BCUT2D eigenvalue weighted by Gasteiger charge is -2.09. The van der Waals surface area contributed by atoms with E-state index in [1.165, 1.54) is 17.1 Å². The average Bonchev–Trinajstić information content (AvgIpc) is 3.08. The molecule has 10 heteroatoms. The fourth-order valence-corrected chi connectivity index (χ4v) is 2.70. The highest BCUT2D eigenvalue weighted by atomic mass is 32.2. The van der Waals surface area contributed by atoms with Crippen LogP contribution in [0.4, 0.5) is 11.4 Å². The summed E-state index contributed by atoms with van der Waals surface area (Å²) < 4.78 is 26.4. The van der Waals surface area contributed by atoms with Crippen LogP contribution in [0.2, 0.25) is 0 Å². The van der Waals surface area contributed by atoms with E-state index in [1.807, 2.05) is 0 Å². The van der Waals surface area contributed by atoms with Crippen molar-refractivity contribution in [3.8, 4) is 5.69 Å². The van der Waals surface area contributed by atoms with E-state index in [0.717, 1.165) is 6.26 Å². The Kier molecular flexibility index (Phi) is 4.44. The number of nitrogens with one attached hydrogen (secondary N) is 2. The van der Waals surface area contributed by atoms with Crippen molar-refractivity contribution in [2.24, 2.45) is 0 Å². The van der Waals surface area contributed by atoms with E-state index < -0.39 is 10.0 Å². The molecule has 128 valence electrons. The van der Waals surface area contributed by atoms with Crippen LogP contribution >= 0.6 is 0 Å². The van der Waals surface area contributed by atoms with Crippen molar-refractivity contribution in [3.05, 3.63) is 60.4 Å². The summed E-state index contributed by atoms with van der Waals surface area (Å²) in [5, 5.41) is 13.6. The van der Waals surface area contributed by atoms with Crippen LogP contribution in [0.15, 0.2) is 54.9 Å². The van der Waals surface area contributed by atoms with E-state index in [1.54, 1.807) is 42.5 Å². The Morgan fingerprint density at radius 2 is 1.84 bits per heavy atom. The number of aromatic nitrogens is 4. The van der Waals surface area contributed by atoms with Gasteiger partial charge in [-0.25, -0.2) is 13.1 Å². The Bertz CT molecular complexity index is 1000. The first-order chi connectivity index (χ1) is 11.9. The minimum Gasteiger partial charge on any atom is -0.322 e. The van der Waals surface area contributed by atoms with Gasteiger partial charge in [0.1, 0.15) is 6.33 Å². The quantitative estimate of drug-likeness (QED) is 0.709. The molecule has 0 spiro atoms. The fraction of sp³-hybridized carbons (Fsp3) is 0.0667. The molecule has 1 amide bonds. The number of nitrogens with zero attached hydrogens (tertiary/aromatic N) is 4. The maximum absolute atomic E-state index is 12.4. The summed E-state index contributed by atoms with van der Waals surface area (Å²) in [6.45, 7) is 0. The first-order valence-corrected chi connectivity index (χ1v) is 9.02. The van der Waals surface area contributed by atoms with Crippen LogP contribution in [0.3, 0.4) is 0 Å². The molecule has 9 nitrogen and oxygen atoms in total.